The minimum atomic E-state index is -0.0269. The molecule has 0 spiro atoms. The molecular weight excluding hydrogens is 276 g/mol. The molecule has 0 aliphatic rings. The number of nitrogens with zero attached hydrogens (tertiary/aromatic N) is 6. The van der Waals surface area contributed by atoms with Crippen LogP contribution in [0.2, 0.25) is 0 Å². The third-order valence-electron chi connectivity index (χ3n) is 2.81. The summed E-state index contributed by atoms with van der Waals surface area (Å²) in [6.45, 7) is 0.446. The Morgan fingerprint density at radius 3 is 3.10 bits per heavy atom. The van der Waals surface area contributed by atoms with Crippen molar-refractivity contribution in [2.24, 2.45) is 7.05 Å². The van der Waals surface area contributed by atoms with Crippen LogP contribution in [0.4, 0.5) is 0 Å². The van der Waals surface area contributed by atoms with Crippen molar-refractivity contribution in [3.05, 3.63) is 12.5 Å². The van der Waals surface area contributed by atoms with E-state index in [-0.39, 0.29) is 11.7 Å². The van der Waals surface area contributed by atoms with Gasteiger partial charge in [0.15, 0.2) is 5.65 Å². The van der Waals surface area contributed by atoms with E-state index in [0.717, 1.165) is 16.1 Å². The van der Waals surface area contributed by atoms with Gasteiger partial charge in [-0.05, 0) is 0 Å². The first-order chi connectivity index (χ1) is 9.63. The average molecular weight is 290 g/mol. The van der Waals surface area contributed by atoms with Gasteiger partial charge >= 0.3 is 0 Å². The van der Waals surface area contributed by atoms with Crippen molar-refractivity contribution < 1.29 is 4.79 Å². The fourth-order valence-corrected chi connectivity index (χ4v) is 2.54. The topological polar surface area (TPSA) is 87.7 Å². The first-order valence-electron chi connectivity index (χ1n) is 6.00. The number of hydrogen-bond donors (Lipinski definition) is 0. The molecule has 2 rings (SSSR count). The zero-order chi connectivity index (χ0) is 14.5. The van der Waals surface area contributed by atoms with Gasteiger partial charge in [-0.1, -0.05) is 11.8 Å². The summed E-state index contributed by atoms with van der Waals surface area (Å²) in [4.78, 5) is 21.8. The minimum absolute atomic E-state index is 0.0269. The number of aryl methyl sites for hydroxylation is 1. The lowest BCUT2D eigenvalue weighted by molar-refractivity contribution is -0.127. The Balaban J connectivity index is 2.03. The fourth-order valence-electron chi connectivity index (χ4n) is 1.64. The summed E-state index contributed by atoms with van der Waals surface area (Å²) in [5.41, 5.74) is 0.743. The van der Waals surface area contributed by atoms with Crippen molar-refractivity contribution in [2.45, 2.75) is 11.4 Å². The number of carbonyl (C=O) groups is 1. The van der Waals surface area contributed by atoms with Gasteiger partial charge in [0.25, 0.3) is 0 Å². The third-order valence-corrected chi connectivity index (χ3v) is 3.80. The van der Waals surface area contributed by atoms with Gasteiger partial charge in [-0.25, -0.2) is 9.97 Å². The van der Waals surface area contributed by atoms with Crippen LogP contribution in [0, 0.1) is 11.3 Å². The second kappa shape index (κ2) is 6.34. The first-order valence-corrected chi connectivity index (χ1v) is 6.98. The number of hydrogen-bond acceptors (Lipinski definition) is 6. The number of carbonyl (C=O) groups excluding carboxylic acids is 1. The number of thioether (sulfide) groups is 1. The molecule has 0 fully saturated rings. The molecule has 2 heterocycles. The van der Waals surface area contributed by atoms with Crippen LogP contribution in [0.1, 0.15) is 6.42 Å². The van der Waals surface area contributed by atoms with Crippen LogP contribution < -0.4 is 0 Å². The Kier molecular flexibility index (Phi) is 4.53. The van der Waals surface area contributed by atoms with Gasteiger partial charge in [0.05, 0.1) is 29.8 Å². The van der Waals surface area contributed by atoms with Gasteiger partial charge in [0.2, 0.25) is 5.91 Å². The highest BCUT2D eigenvalue weighted by molar-refractivity contribution is 8.00. The molecule has 0 saturated carbocycles. The van der Waals surface area contributed by atoms with Crippen LogP contribution >= 0.6 is 11.8 Å². The average Bonchev–Trinajstić information content (AvgIpc) is 2.84. The molecule has 104 valence electrons. The normalized spacial score (nSPS) is 10.4. The molecule has 7 nitrogen and oxygen atoms in total. The molecular formula is C12H14N6OS. The van der Waals surface area contributed by atoms with Crippen LogP contribution in [0.5, 0.6) is 0 Å². The van der Waals surface area contributed by atoms with E-state index in [1.54, 1.807) is 22.8 Å². The SMILES string of the molecule is CN(CCC#N)C(=O)CSc1ncnc2c1cnn2C. The van der Waals surface area contributed by atoms with E-state index in [9.17, 15) is 4.79 Å². The summed E-state index contributed by atoms with van der Waals surface area (Å²) in [5.74, 6) is 0.254. The molecule has 0 bridgehead atoms. The Labute approximate surface area is 120 Å². The van der Waals surface area contributed by atoms with Crippen LogP contribution in [0.15, 0.2) is 17.6 Å². The number of amides is 1. The Bertz CT molecular complexity index is 662. The molecule has 0 N–H and O–H groups in total. The number of rotatable bonds is 5. The van der Waals surface area contributed by atoms with Gasteiger partial charge in [-0.3, -0.25) is 9.48 Å². The van der Waals surface area contributed by atoms with Crippen molar-refractivity contribution >= 4 is 28.7 Å². The second-order valence-corrected chi connectivity index (χ2v) is 5.16. The summed E-state index contributed by atoms with van der Waals surface area (Å²) >= 11 is 1.35. The molecule has 20 heavy (non-hydrogen) atoms. The van der Waals surface area contributed by atoms with Crippen molar-refractivity contribution in [3.63, 3.8) is 0 Å². The fraction of sp³-hybridized carbons (Fsp3) is 0.417. The summed E-state index contributed by atoms with van der Waals surface area (Å²) < 4.78 is 1.67. The Morgan fingerprint density at radius 2 is 2.35 bits per heavy atom. The van der Waals surface area contributed by atoms with E-state index in [2.05, 4.69) is 15.1 Å². The minimum Gasteiger partial charge on any atom is -0.344 e. The molecule has 0 radical (unpaired) electrons. The van der Waals surface area contributed by atoms with Gasteiger partial charge in [-0.15, -0.1) is 0 Å². The zero-order valence-electron chi connectivity index (χ0n) is 11.3. The molecule has 1 amide bonds. The number of fused-ring (bicyclic) bond motifs is 1. The van der Waals surface area contributed by atoms with Gasteiger partial charge < -0.3 is 4.90 Å². The summed E-state index contributed by atoms with van der Waals surface area (Å²) in [6, 6.07) is 2.02. The molecule has 8 heteroatoms. The Hall–Kier alpha value is -2.14. The van der Waals surface area contributed by atoms with Crippen LogP contribution in [-0.4, -0.2) is 49.9 Å². The number of aromatic nitrogens is 4. The maximum Gasteiger partial charge on any atom is 0.232 e. The quantitative estimate of drug-likeness (QED) is 0.598. The molecule has 2 aromatic rings. The molecule has 0 aliphatic heterocycles. The maximum absolute atomic E-state index is 11.9. The lowest BCUT2D eigenvalue weighted by Gasteiger charge is -2.14. The molecule has 0 aliphatic carbocycles. The summed E-state index contributed by atoms with van der Waals surface area (Å²) in [6.07, 6.45) is 3.50. The van der Waals surface area contributed by atoms with Crippen molar-refractivity contribution in [1.82, 2.24) is 24.6 Å². The predicted octanol–water partition coefficient (Wildman–Crippen LogP) is 0.827. The maximum atomic E-state index is 11.9. The third kappa shape index (κ3) is 3.05. The highest BCUT2D eigenvalue weighted by atomic mass is 32.2. The molecule has 0 atom stereocenters. The molecule has 0 aromatic carbocycles. The van der Waals surface area contributed by atoms with Crippen molar-refractivity contribution in [2.75, 3.05) is 19.3 Å². The smallest absolute Gasteiger partial charge is 0.232 e. The van der Waals surface area contributed by atoms with Gasteiger partial charge in [0.1, 0.15) is 11.4 Å². The zero-order valence-corrected chi connectivity index (χ0v) is 12.1. The summed E-state index contributed by atoms with van der Waals surface area (Å²) in [7, 11) is 3.50. The van der Waals surface area contributed by atoms with E-state index < -0.39 is 0 Å². The van der Waals surface area contributed by atoms with Crippen molar-refractivity contribution in [3.8, 4) is 6.07 Å². The van der Waals surface area contributed by atoms with Crippen LogP contribution in [0.25, 0.3) is 11.0 Å². The van der Waals surface area contributed by atoms with Crippen LogP contribution in [0.3, 0.4) is 0 Å². The Morgan fingerprint density at radius 1 is 1.55 bits per heavy atom. The second-order valence-electron chi connectivity index (χ2n) is 4.20. The molecule has 2 aromatic heterocycles. The van der Waals surface area contributed by atoms with Crippen molar-refractivity contribution in [1.29, 1.82) is 5.26 Å². The predicted molar refractivity (Wildman–Crippen MR) is 74.9 cm³/mol. The number of nitriles is 1. The van der Waals surface area contributed by atoms with Gasteiger partial charge in [-0.2, -0.15) is 10.4 Å². The molecule has 0 unspecified atom stereocenters. The van der Waals surface area contributed by atoms with E-state index in [0.29, 0.717) is 13.0 Å². The van der Waals surface area contributed by atoms with Crippen LogP contribution in [-0.2, 0) is 11.8 Å². The standard InChI is InChI=1S/C12H14N6OS/c1-17(5-3-4-13)10(19)7-20-12-9-6-16-18(2)11(9)14-8-15-12/h6,8H,3,5,7H2,1-2H3. The highest BCUT2D eigenvalue weighted by Crippen LogP contribution is 2.23. The van der Waals surface area contributed by atoms with E-state index in [1.807, 2.05) is 13.1 Å². The first kappa shape index (κ1) is 14.3. The van der Waals surface area contributed by atoms with E-state index in [4.69, 9.17) is 5.26 Å². The van der Waals surface area contributed by atoms with E-state index in [1.165, 1.54) is 18.1 Å². The van der Waals surface area contributed by atoms with Gasteiger partial charge in [0, 0.05) is 20.6 Å². The molecule has 0 saturated heterocycles. The van der Waals surface area contributed by atoms with E-state index >= 15 is 0 Å². The lowest BCUT2D eigenvalue weighted by Crippen LogP contribution is -2.29. The lowest BCUT2D eigenvalue weighted by atomic mass is 10.4. The highest BCUT2D eigenvalue weighted by Gasteiger charge is 2.12. The summed E-state index contributed by atoms with van der Waals surface area (Å²) in [5, 5.41) is 14.2. The largest absolute Gasteiger partial charge is 0.344 e. The monoisotopic (exact) mass is 290 g/mol.